The lowest BCUT2D eigenvalue weighted by atomic mass is 10.1. The summed E-state index contributed by atoms with van der Waals surface area (Å²) in [5.41, 5.74) is 0.928. The summed E-state index contributed by atoms with van der Waals surface area (Å²) in [5.74, 6) is 0.131. The summed E-state index contributed by atoms with van der Waals surface area (Å²) in [4.78, 5) is 13.1. The summed E-state index contributed by atoms with van der Waals surface area (Å²) in [5, 5.41) is 4.73. The molecule has 0 unspecified atom stereocenters. The van der Waals surface area contributed by atoms with Gasteiger partial charge >= 0.3 is 0 Å². The number of morpholine rings is 1. The van der Waals surface area contributed by atoms with E-state index >= 15 is 0 Å². The topological polar surface area (TPSA) is 84.9 Å². The van der Waals surface area contributed by atoms with E-state index in [0.29, 0.717) is 43.2 Å². The van der Waals surface area contributed by atoms with Crippen molar-refractivity contribution in [3.8, 4) is 5.75 Å². The first-order chi connectivity index (χ1) is 15.0. The zero-order valence-corrected chi connectivity index (χ0v) is 18.0. The molecule has 0 spiro atoms. The Hall–Kier alpha value is -2.94. The highest BCUT2D eigenvalue weighted by Gasteiger charge is 2.28. The highest BCUT2D eigenvalue weighted by molar-refractivity contribution is 7.89. The molecule has 0 aromatic heterocycles. The molecule has 162 valence electrons. The summed E-state index contributed by atoms with van der Waals surface area (Å²) in [6, 6.07) is 18.0. The third kappa shape index (κ3) is 4.41. The second kappa shape index (κ2) is 9.05. The normalized spacial score (nSPS) is 15.0. The number of carbonyl (C=O) groups excluding carboxylic acids is 1. The van der Waals surface area contributed by atoms with Crippen LogP contribution in [0.25, 0.3) is 10.8 Å². The zero-order chi connectivity index (χ0) is 21.8. The molecule has 1 amide bonds. The fraction of sp³-hybridized carbons (Fsp3) is 0.261. The van der Waals surface area contributed by atoms with Gasteiger partial charge in [0.25, 0.3) is 5.91 Å². The molecule has 4 rings (SSSR count). The van der Waals surface area contributed by atoms with Gasteiger partial charge in [0, 0.05) is 19.6 Å². The van der Waals surface area contributed by atoms with Crippen LogP contribution in [0, 0.1) is 0 Å². The van der Waals surface area contributed by atoms with Gasteiger partial charge < -0.3 is 14.8 Å². The summed E-state index contributed by atoms with van der Waals surface area (Å²) in [6.45, 7) is 1.46. The molecule has 0 bridgehead atoms. The minimum Gasteiger partial charge on any atom is -0.496 e. The standard InChI is InChI=1S/C23H24N2O5S/c1-29-21-15-18-7-3-2-6-17(18)14-20(21)23(26)24-16-19-8-4-5-9-22(19)31(27,28)25-10-12-30-13-11-25/h2-9,14-15H,10-13,16H2,1H3,(H,24,26). The van der Waals surface area contributed by atoms with Crippen molar-refractivity contribution < 1.29 is 22.7 Å². The minimum absolute atomic E-state index is 0.0779. The number of methoxy groups -OCH3 is 1. The maximum Gasteiger partial charge on any atom is 0.255 e. The molecule has 3 aromatic carbocycles. The van der Waals surface area contributed by atoms with Gasteiger partial charge in [0.1, 0.15) is 5.75 Å². The Morgan fingerprint density at radius 1 is 1.03 bits per heavy atom. The van der Waals surface area contributed by atoms with Crippen molar-refractivity contribution in [2.24, 2.45) is 0 Å². The molecule has 0 aliphatic carbocycles. The van der Waals surface area contributed by atoms with Crippen molar-refractivity contribution in [1.82, 2.24) is 9.62 Å². The fourth-order valence-corrected chi connectivity index (χ4v) is 5.29. The number of carbonyl (C=O) groups is 1. The van der Waals surface area contributed by atoms with Crippen molar-refractivity contribution in [2.45, 2.75) is 11.4 Å². The van der Waals surface area contributed by atoms with Crippen LogP contribution in [0.4, 0.5) is 0 Å². The maximum absolute atomic E-state index is 13.1. The molecule has 1 N–H and O–H groups in total. The number of hydrogen-bond donors (Lipinski definition) is 1. The van der Waals surface area contributed by atoms with Gasteiger partial charge in [-0.25, -0.2) is 8.42 Å². The van der Waals surface area contributed by atoms with Gasteiger partial charge in [-0.3, -0.25) is 4.79 Å². The van der Waals surface area contributed by atoms with Gasteiger partial charge in [-0.1, -0.05) is 42.5 Å². The lowest BCUT2D eigenvalue weighted by Crippen LogP contribution is -2.41. The van der Waals surface area contributed by atoms with Gasteiger partial charge in [0.2, 0.25) is 10.0 Å². The molecule has 1 fully saturated rings. The highest BCUT2D eigenvalue weighted by Crippen LogP contribution is 2.26. The Kier molecular flexibility index (Phi) is 6.22. The molecular formula is C23H24N2O5S. The molecule has 1 heterocycles. The smallest absolute Gasteiger partial charge is 0.255 e. The quantitative estimate of drug-likeness (QED) is 0.637. The first kappa shape index (κ1) is 21.3. The van der Waals surface area contributed by atoms with Gasteiger partial charge in [0.05, 0.1) is 30.8 Å². The van der Waals surface area contributed by atoms with Crippen LogP contribution < -0.4 is 10.1 Å². The number of benzene rings is 3. The highest BCUT2D eigenvalue weighted by atomic mass is 32.2. The van der Waals surface area contributed by atoms with Crippen LogP contribution in [0.5, 0.6) is 5.75 Å². The second-order valence-electron chi connectivity index (χ2n) is 7.21. The number of nitrogens with one attached hydrogen (secondary N) is 1. The number of nitrogens with zero attached hydrogens (tertiary/aromatic N) is 1. The monoisotopic (exact) mass is 440 g/mol. The van der Waals surface area contributed by atoms with Crippen LogP contribution in [-0.4, -0.2) is 52.0 Å². The predicted octanol–water partition coefficient (Wildman–Crippen LogP) is 2.80. The van der Waals surface area contributed by atoms with Crippen LogP contribution in [0.3, 0.4) is 0 Å². The van der Waals surface area contributed by atoms with Crippen LogP contribution in [0.1, 0.15) is 15.9 Å². The van der Waals surface area contributed by atoms with Gasteiger partial charge in [0.15, 0.2) is 0 Å². The van der Waals surface area contributed by atoms with E-state index in [2.05, 4.69) is 5.32 Å². The van der Waals surface area contributed by atoms with Crippen molar-refractivity contribution in [3.05, 3.63) is 71.8 Å². The fourth-order valence-electron chi connectivity index (χ4n) is 3.66. The van der Waals surface area contributed by atoms with E-state index in [0.717, 1.165) is 10.8 Å². The van der Waals surface area contributed by atoms with E-state index in [4.69, 9.17) is 9.47 Å². The molecule has 1 aliphatic heterocycles. The first-order valence-corrected chi connectivity index (χ1v) is 11.5. The molecule has 1 aliphatic rings. The molecule has 0 atom stereocenters. The van der Waals surface area contributed by atoms with Gasteiger partial charge in [-0.2, -0.15) is 4.31 Å². The molecule has 7 nitrogen and oxygen atoms in total. The third-order valence-electron chi connectivity index (χ3n) is 5.31. The average Bonchev–Trinajstić information content (AvgIpc) is 2.82. The van der Waals surface area contributed by atoms with Crippen molar-refractivity contribution in [2.75, 3.05) is 33.4 Å². The summed E-state index contributed by atoms with van der Waals surface area (Å²) in [6.07, 6.45) is 0. The third-order valence-corrected chi connectivity index (χ3v) is 7.31. The zero-order valence-electron chi connectivity index (χ0n) is 17.2. The van der Waals surface area contributed by atoms with Crippen molar-refractivity contribution >= 4 is 26.7 Å². The molecule has 3 aromatic rings. The van der Waals surface area contributed by atoms with E-state index in [1.54, 1.807) is 30.3 Å². The number of fused-ring (bicyclic) bond motifs is 1. The van der Waals surface area contributed by atoms with Crippen molar-refractivity contribution in [1.29, 1.82) is 0 Å². The minimum atomic E-state index is -3.67. The Morgan fingerprint density at radius 3 is 2.39 bits per heavy atom. The second-order valence-corrected chi connectivity index (χ2v) is 9.11. The summed E-state index contributed by atoms with van der Waals surface area (Å²) < 4.78 is 38.3. The number of sulfonamides is 1. The van der Waals surface area contributed by atoms with Gasteiger partial charge in [-0.15, -0.1) is 0 Å². The molecular weight excluding hydrogens is 416 g/mol. The first-order valence-electron chi connectivity index (χ1n) is 10.0. The lowest BCUT2D eigenvalue weighted by Gasteiger charge is -2.27. The summed E-state index contributed by atoms with van der Waals surface area (Å²) >= 11 is 0. The maximum atomic E-state index is 13.1. The average molecular weight is 441 g/mol. The SMILES string of the molecule is COc1cc2ccccc2cc1C(=O)NCc1ccccc1S(=O)(=O)N1CCOCC1. The molecule has 0 saturated carbocycles. The Labute approximate surface area is 181 Å². The summed E-state index contributed by atoms with van der Waals surface area (Å²) in [7, 11) is -2.15. The van der Waals surface area contributed by atoms with Crippen molar-refractivity contribution in [3.63, 3.8) is 0 Å². The van der Waals surface area contributed by atoms with E-state index in [-0.39, 0.29) is 17.3 Å². The Bertz CT molecular complexity index is 1200. The van der Waals surface area contributed by atoms with E-state index < -0.39 is 10.0 Å². The van der Waals surface area contributed by atoms with Gasteiger partial charge in [-0.05, 0) is 34.5 Å². The number of hydrogen-bond acceptors (Lipinski definition) is 5. The molecule has 0 radical (unpaired) electrons. The van der Waals surface area contributed by atoms with E-state index in [1.807, 2.05) is 30.3 Å². The largest absolute Gasteiger partial charge is 0.496 e. The van der Waals surface area contributed by atoms with Crippen LogP contribution in [-0.2, 0) is 21.3 Å². The number of rotatable bonds is 6. The lowest BCUT2D eigenvalue weighted by molar-refractivity contribution is 0.0730. The molecule has 1 saturated heterocycles. The van der Waals surface area contributed by atoms with Crippen LogP contribution in [0.2, 0.25) is 0 Å². The Balaban J connectivity index is 1.58. The predicted molar refractivity (Wildman–Crippen MR) is 118 cm³/mol. The Morgan fingerprint density at radius 2 is 1.68 bits per heavy atom. The number of ether oxygens (including phenoxy) is 2. The number of amides is 1. The van der Waals surface area contributed by atoms with Crippen LogP contribution >= 0.6 is 0 Å². The van der Waals surface area contributed by atoms with E-state index in [9.17, 15) is 13.2 Å². The van der Waals surface area contributed by atoms with Crippen LogP contribution in [0.15, 0.2) is 65.6 Å². The molecule has 8 heteroatoms. The molecule has 31 heavy (non-hydrogen) atoms. The van der Waals surface area contributed by atoms with E-state index in [1.165, 1.54) is 11.4 Å².